The van der Waals surface area contributed by atoms with Gasteiger partial charge in [0.25, 0.3) is 5.91 Å². The Bertz CT molecular complexity index is 1070. The molecule has 1 amide bonds. The first-order chi connectivity index (χ1) is 15.0. The minimum absolute atomic E-state index is 0.0822. The van der Waals surface area contributed by atoms with Crippen LogP contribution in [0.3, 0.4) is 0 Å². The number of hydrogen-bond donors (Lipinski definition) is 4. The maximum absolute atomic E-state index is 12.8. The number of aromatic hydroxyl groups is 1. The summed E-state index contributed by atoms with van der Waals surface area (Å²) in [4.78, 5) is 14.3. The Hall–Kier alpha value is -3.11. The van der Waals surface area contributed by atoms with Crippen molar-refractivity contribution in [3.05, 3.63) is 47.4 Å². The molecule has 3 aromatic rings. The molecule has 4 N–H and O–H groups in total. The van der Waals surface area contributed by atoms with Crippen molar-refractivity contribution >= 4 is 35.0 Å². The zero-order valence-electron chi connectivity index (χ0n) is 17.3. The summed E-state index contributed by atoms with van der Waals surface area (Å²) < 4.78 is 14.3. The molecule has 0 saturated carbocycles. The van der Waals surface area contributed by atoms with Crippen molar-refractivity contribution in [1.29, 1.82) is 0 Å². The van der Waals surface area contributed by atoms with Gasteiger partial charge >= 0.3 is 0 Å². The summed E-state index contributed by atoms with van der Waals surface area (Å²) in [5.74, 6) is 2.14. The molecular weight excluding hydrogens is 418 g/mol. The Morgan fingerprint density at radius 1 is 1.32 bits per heavy atom. The quantitative estimate of drug-likeness (QED) is 0.408. The molecule has 1 fully saturated rings. The molecule has 1 aromatic carbocycles. The van der Waals surface area contributed by atoms with E-state index in [-0.39, 0.29) is 29.8 Å². The first kappa shape index (κ1) is 21.1. The number of nitrogens with one attached hydrogen (secondary N) is 2. The van der Waals surface area contributed by atoms with Crippen LogP contribution in [0.25, 0.3) is 0 Å². The number of phenols is 1. The molecule has 9 nitrogen and oxygen atoms in total. The molecule has 31 heavy (non-hydrogen) atoms. The molecular formula is C21H25N5O4S. The van der Waals surface area contributed by atoms with E-state index in [2.05, 4.69) is 19.4 Å². The lowest BCUT2D eigenvalue weighted by molar-refractivity contribution is 0.0762. The highest BCUT2D eigenvalue weighted by molar-refractivity contribution is 6.99. The maximum atomic E-state index is 12.8. The lowest BCUT2D eigenvalue weighted by atomic mass is 10.1. The monoisotopic (exact) mass is 443 g/mol. The topological polar surface area (TPSA) is 124 Å². The number of benzene rings is 1. The van der Waals surface area contributed by atoms with Crippen LogP contribution in [0.1, 0.15) is 47.7 Å². The van der Waals surface area contributed by atoms with Gasteiger partial charge in [0.1, 0.15) is 11.5 Å². The molecule has 1 aliphatic heterocycles. The number of carbonyl (C=O) groups excluding carboxylic acids is 1. The van der Waals surface area contributed by atoms with Crippen molar-refractivity contribution in [2.45, 2.75) is 38.8 Å². The number of aryl methyl sites for hydroxylation is 1. The van der Waals surface area contributed by atoms with Crippen LogP contribution in [-0.4, -0.2) is 49.0 Å². The predicted octanol–water partition coefficient (Wildman–Crippen LogP) is 3.66. The van der Waals surface area contributed by atoms with Gasteiger partial charge in [-0.3, -0.25) is 4.79 Å². The van der Waals surface area contributed by atoms with Crippen LogP contribution in [0.2, 0.25) is 0 Å². The first-order valence-corrected chi connectivity index (χ1v) is 10.9. The number of β-amino-alcohol motifs (C(OH)–C–C–N with tert-alkyl or cyclic N) is 1. The first-order valence-electron chi connectivity index (χ1n) is 10.2. The van der Waals surface area contributed by atoms with Gasteiger partial charge < -0.3 is 30.2 Å². The van der Waals surface area contributed by atoms with Crippen molar-refractivity contribution in [2.75, 3.05) is 23.7 Å². The largest absolute Gasteiger partial charge is 0.505 e. The van der Waals surface area contributed by atoms with Gasteiger partial charge in [-0.05, 0) is 44.0 Å². The number of hydrogen-bond acceptors (Lipinski definition) is 9. The Kier molecular flexibility index (Phi) is 6.10. The second-order valence-corrected chi connectivity index (χ2v) is 8.06. The highest BCUT2D eigenvalue weighted by atomic mass is 32.1. The van der Waals surface area contributed by atoms with Gasteiger partial charge in [0.05, 0.1) is 35.1 Å². The second-order valence-electron chi connectivity index (χ2n) is 7.54. The summed E-state index contributed by atoms with van der Waals surface area (Å²) in [5, 5.41) is 26.8. The van der Waals surface area contributed by atoms with E-state index in [4.69, 9.17) is 4.42 Å². The fourth-order valence-electron chi connectivity index (χ4n) is 3.59. The highest BCUT2D eigenvalue weighted by Crippen LogP contribution is 2.34. The standard InChI is InChI=1S/C21H25N5O4S/c1-3-15(17-8-7-12(2)30-17)22-19-20(25-31-24-19)23-16-6-4-5-14(18(16)28)21(29)26-10-9-13(27)11-26/h4-8,13,15,27-28H,3,9-11H2,1-2H3,(H,22,24)(H,23,25)/t13?,15-/m1/s1. The van der Waals surface area contributed by atoms with Crippen molar-refractivity contribution in [1.82, 2.24) is 13.6 Å². The van der Waals surface area contributed by atoms with E-state index in [1.165, 1.54) is 4.90 Å². The number of rotatable bonds is 7. The normalized spacial score (nSPS) is 17.0. The van der Waals surface area contributed by atoms with Gasteiger partial charge in [-0.2, -0.15) is 8.75 Å². The van der Waals surface area contributed by atoms with Crippen LogP contribution in [0.15, 0.2) is 34.7 Å². The van der Waals surface area contributed by atoms with Crippen molar-refractivity contribution in [3.63, 3.8) is 0 Å². The number of phenolic OH excluding ortho intramolecular Hbond substituents is 1. The molecule has 0 aliphatic carbocycles. The minimum Gasteiger partial charge on any atom is -0.505 e. The summed E-state index contributed by atoms with van der Waals surface area (Å²) in [5.41, 5.74) is 0.525. The predicted molar refractivity (Wildman–Crippen MR) is 118 cm³/mol. The molecule has 0 bridgehead atoms. The molecule has 1 aliphatic rings. The van der Waals surface area contributed by atoms with Crippen molar-refractivity contribution < 1.29 is 19.4 Å². The summed E-state index contributed by atoms with van der Waals surface area (Å²) in [6, 6.07) is 8.69. The Balaban J connectivity index is 1.53. The number of para-hydroxylation sites is 1. The van der Waals surface area contributed by atoms with Crippen molar-refractivity contribution in [3.8, 4) is 5.75 Å². The van der Waals surface area contributed by atoms with Crippen LogP contribution in [0.5, 0.6) is 5.75 Å². The van der Waals surface area contributed by atoms with E-state index in [0.717, 1.165) is 29.7 Å². The zero-order chi connectivity index (χ0) is 22.0. The smallest absolute Gasteiger partial charge is 0.257 e. The fraction of sp³-hybridized carbons (Fsp3) is 0.381. The Morgan fingerprint density at radius 3 is 2.81 bits per heavy atom. The maximum Gasteiger partial charge on any atom is 0.257 e. The van der Waals surface area contributed by atoms with Crippen LogP contribution in [0, 0.1) is 6.92 Å². The number of aliphatic hydroxyl groups excluding tert-OH is 1. The van der Waals surface area contributed by atoms with E-state index in [1.54, 1.807) is 18.2 Å². The number of likely N-dealkylation sites (tertiary alicyclic amines) is 1. The molecule has 2 aromatic heterocycles. The van der Waals surface area contributed by atoms with Gasteiger partial charge in [-0.25, -0.2) is 0 Å². The fourth-order valence-corrected chi connectivity index (χ4v) is 4.06. The van der Waals surface area contributed by atoms with Gasteiger partial charge in [0, 0.05) is 13.1 Å². The number of furan rings is 1. The van der Waals surface area contributed by atoms with Gasteiger partial charge in [0.15, 0.2) is 17.4 Å². The molecule has 10 heteroatoms. The van der Waals surface area contributed by atoms with E-state index < -0.39 is 6.10 Å². The number of carbonyl (C=O) groups is 1. The number of aliphatic hydroxyl groups is 1. The third kappa shape index (κ3) is 4.49. The molecule has 0 radical (unpaired) electrons. The van der Waals surface area contributed by atoms with E-state index in [0.29, 0.717) is 30.3 Å². The SMILES string of the molecule is CC[C@@H](Nc1nsnc1Nc1cccc(C(=O)N2CCC(O)C2)c1O)c1ccc(C)o1. The number of anilines is 3. The lowest BCUT2D eigenvalue weighted by Crippen LogP contribution is -2.29. The molecule has 1 saturated heterocycles. The highest BCUT2D eigenvalue weighted by Gasteiger charge is 2.28. The average Bonchev–Trinajstić information content (AvgIpc) is 3.49. The summed E-state index contributed by atoms with van der Waals surface area (Å²) in [7, 11) is 0. The molecule has 1 unspecified atom stereocenters. The Morgan fingerprint density at radius 2 is 2.13 bits per heavy atom. The van der Waals surface area contributed by atoms with Gasteiger partial charge in [-0.15, -0.1) is 0 Å². The van der Waals surface area contributed by atoms with Gasteiger partial charge in [-0.1, -0.05) is 13.0 Å². The average molecular weight is 444 g/mol. The summed E-state index contributed by atoms with van der Waals surface area (Å²) in [6.45, 7) is 4.67. The molecule has 4 rings (SSSR count). The van der Waals surface area contributed by atoms with Crippen LogP contribution >= 0.6 is 11.7 Å². The van der Waals surface area contributed by atoms with E-state index in [1.807, 2.05) is 26.0 Å². The third-order valence-electron chi connectivity index (χ3n) is 5.28. The summed E-state index contributed by atoms with van der Waals surface area (Å²) >= 11 is 1.04. The number of amides is 1. The van der Waals surface area contributed by atoms with E-state index in [9.17, 15) is 15.0 Å². The molecule has 2 atom stereocenters. The number of aromatic nitrogens is 2. The zero-order valence-corrected chi connectivity index (χ0v) is 18.1. The Labute approximate surface area is 184 Å². The second kappa shape index (κ2) is 8.94. The minimum atomic E-state index is -0.522. The third-order valence-corrected chi connectivity index (χ3v) is 5.81. The van der Waals surface area contributed by atoms with E-state index >= 15 is 0 Å². The van der Waals surface area contributed by atoms with Crippen LogP contribution < -0.4 is 10.6 Å². The molecule has 0 spiro atoms. The summed E-state index contributed by atoms with van der Waals surface area (Å²) in [6.07, 6.45) is 0.796. The number of nitrogens with zero attached hydrogens (tertiary/aromatic N) is 3. The lowest BCUT2D eigenvalue weighted by Gasteiger charge is -2.18. The van der Waals surface area contributed by atoms with Crippen LogP contribution in [0.4, 0.5) is 17.3 Å². The van der Waals surface area contributed by atoms with Crippen LogP contribution in [-0.2, 0) is 0 Å². The molecule has 164 valence electrons. The van der Waals surface area contributed by atoms with Crippen molar-refractivity contribution in [2.24, 2.45) is 0 Å². The van der Waals surface area contributed by atoms with Gasteiger partial charge in [0.2, 0.25) is 0 Å². The molecule has 3 heterocycles.